The molecular formula is C24H36N4O2. The fourth-order valence-corrected chi connectivity index (χ4v) is 3.44. The molecule has 6 nitrogen and oxygen atoms in total. The summed E-state index contributed by atoms with van der Waals surface area (Å²) in [4.78, 5) is 27.8. The Morgan fingerprint density at radius 3 is 2.30 bits per heavy atom. The number of carbonyl (C=O) groups is 2. The first kappa shape index (κ1) is 23.6. The first-order valence-corrected chi connectivity index (χ1v) is 10.7. The van der Waals surface area contributed by atoms with Crippen LogP contribution < -0.4 is 5.32 Å². The lowest BCUT2D eigenvalue weighted by molar-refractivity contribution is -0.136. The summed E-state index contributed by atoms with van der Waals surface area (Å²) < 4.78 is 1.67. The van der Waals surface area contributed by atoms with Gasteiger partial charge in [-0.25, -0.2) is 0 Å². The third-order valence-electron chi connectivity index (χ3n) is 5.06. The molecule has 0 aliphatic heterocycles. The van der Waals surface area contributed by atoms with Crippen LogP contribution in [0.5, 0.6) is 0 Å². The fourth-order valence-electron chi connectivity index (χ4n) is 3.44. The lowest BCUT2D eigenvalue weighted by Gasteiger charge is -2.28. The van der Waals surface area contributed by atoms with Crippen LogP contribution in [0.3, 0.4) is 0 Å². The molecule has 1 heterocycles. The maximum Gasteiger partial charge on any atom is 0.245 e. The number of amides is 2. The Morgan fingerprint density at radius 2 is 1.80 bits per heavy atom. The predicted molar refractivity (Wildman–Crippen MR) is 121 cm³/mol. The van der Waals surface area contributed by atoms with Gasteiger partial charge in [-0.3, -0.25) is 14.3 Å². The van der Waals surface area contributed by atoms with Crippen LogP contribution in [-0.4, -0.2) is 39.6 Å². The number of aryl methyl sites for hydroxylation is 1. The van der Waals surface area contributed by atoms with Crippen LogP contribution in [0.2, 0.25) is 0 Å². The molecule has 1 N–H and O–H groups in total. The normalized spacial score (nSPS) is 12.7. The first-order valence-electron chi connectivity index (χ1n) is 10.7. The van der Waals surface area contributed by atoms with Crippen LogP contribution in [0.1, 0.15) is 65.1 Å². The molecule has 1 aromatic carbocycles. The molecule has 1 atom stereocenters. The smallest absolute Gasteiger partial charge is 0.245 e. The van der Waals surface area contributed by atoms with Crippen molar-refractivity contribution in [2.45, 2.75) is 59.3 Å². The van der Waals surface area contributed by atoms with Crippen molar-refractivity contribution < 1.29 is 9.59 Å². The molecule has 2 aromatic rings. The van der Waals surface area contributed by atoms with Crippen molar-refractivity contribution in [2.24, 2.45) is 13.0 Å². The fraction of sp³-hybridized carbons (Fsp3) is 0.542. The summed E-state index contributed by atoms with van der Waals surface area (Å²) >= 11 is 0. The number of benzene rings is 1. The lowest BCUT2D eigenvalue weighted by atomic mass is 9.92. The van der Waals surface area contributed by atoms with Crippen LogP contribution in [0.15, 0.2) is 36.4 Å². The Balaban J connectivity index is 2.17. The zero-order valence-electron chi connectivity index (χ0n) is 19.4. The minimum Gasteiger partial charge on any atom is -0.333 e. The minimum atomic E-state index is -0.248. The molecule has 0 radical (unpaired) electrons. The summed E-state index contributed by atoms with van der Waals surface area (Å²) in [7, 11) is 1.81. The van der Waals surface area contributed by atoms with Crippen LogP contribution in [-0.2, 0) is 22.1 Å². The molecule has 2 amide bonds. The monoisotopic (exact) mass is 412 g/mol. The number of hydrogen-bond acceptors (Lipinski definition) is 3. The lowest BCUT2D eigenvalue weighted by Crippen LogP contribution is -2.42. The summed E-state index contributed by atoms with van der Waals surface area (Å²) in [5.74, 6) is 0.432. The molecule has 0 aliphatic rings. The maximum atomic E-state index is 13.3. The molecule has 6 heteroatoms. The quantitative estimate of drug-likeness (QED) is 0.701. The Hall–Kier alpha value is -2.63. The van der Waals surface area contributed by atoms with Gasteiger partial charge in [-0.1, -0.05) is 71.9 Å². The van der Waals surface area contributed by atoms with E-state index in [2.05, 4.69) is 45.0 Å². The zero-order chi connectivity index (χ0) is 22.5. The molecule has 0 aliphatic carbocycles. The molecule has 1 unspecified atom stereocenters. The van der Waals surface area contributed by atoms with E-state index >= 15 is 0 Å². The Morgan fingerprint density at radius 1 is 1.17 bits per heavy atom. The first-order chi connectivity index (χ1) is 14.0. The molecule has 2 rings (SSSR count). The van der Waals surface area contributed by atoms with Gasteiger partial charge in [-0.15, -0.1) is 0 Å². The van der Waals surface area contributed by atoms with E-state index in [-0.39, 0.29) is 35.6 Å². The second-order valence-corrected chi connectivity index (χ2v) is 9.32. The van der Waals surface area contributed by atoms with Gasteiger partial charge in [0, 0.05) is 25.1 Å². The molecule has 30 heavy (non-hydrogen) atoms. The van der Waals surface area contributed by atoms with Crippen molar-refractivity contribution in [3.63, 3.8) is 0 Å². The van der Waals surface area contributed by atoms with Gasteiger partial charge in [0.05, 0.1) is 18.2 Å². The third-order valence-corrected chi connectivity index (χ3v) is 5.06. The second kappa shape index (κ2) is 9.92. The maximum absolute atomic E-state index is 13.3. The summed E-state index contributed by atoms with van der Waals surface area (Å²) in [6, 6.07) is 11.7. The van der Waals surface area contributed by atoms with E-state index in [1.807, 2.05) is 50.4 Å². The van der Waals surface area contributed by atoms with Gasteiger partial charge >= 0.3 is 0 Å². The summed E-state index contributed by atoms with van der Waals surface area (Å²) in [6.45, 7) is 12.9. The van der Waals surface area contributed by atoms with E-state index in [9.17, 15) is 9.59 Å². The van der Waals surface area contributed by atoms with Gasteiger partial charge in [0.2, 0.25) is 11.8 Å². The molecule has 0 spiro atoms. The van der Waals surface area contributed by atoms with Gasteiger partial charge in [-0.05, 0) is 17.9 Å². The zero-order valence-corrected chi connectivity index (χ0v) is 19.4. The molecule has 0 fully saturated rings. The van der Waals surface area contributed by atoms with Gasteiger partial charge in [0.25, 0.3) is 0 Å². The van der Waals surface area contributed by atoms with E-state index in [4.69, 9.17) is 0 Å². The van der Waals surface area contributed by atoms with Gasteiger partial charge in [0.15, 0.2) is 0 Å². The van der Waals surface area contributed by atoms with E-state index < -0.39 is 0 Å². The highest BCUT2D eigenvalue weighted by Crippen LogP contribution is 2.24. The molecule has 0 saturated carbocycles. The standard InChI is InChI=1S/C24H36N4O2/c1-8-19(18-12-10-9-11-13-18)23(30)28(15-17(2)3)16-22(29)25-21-14-20(24(4,5)6)26-27(21)7/h9-14,17,19H,8,15-16H2,1-7H3,(H,25,29). The van der Waals surface area contributed by atoms with Gasteiger partial charge in [0.1, 0.15) is 5.82 Å². The molecular weight excluding hydrogens is 376 g/mol. The topological polar surface area (TPSA) is 67.2 Å². The number of carbonyl (C=O) groups excluding carboxylic acids is 2. The molecule has 1 aromatic heterocycles. The minimum absolute atomic E-state index is 0.00654. The van der Waals surface area contributed by atoms with E-state index in [1.165, 1.54) is 0 Å². The molecule has 164 valence electrons. The SMILES string of the molecule is CCC(C(=O)N(CC(=O)Nc1cc(C(C)(C)C)nn1C)CC(C)C)c1ccccc1. The van der Waals surface area contributed by atoms with E-state index in [0.717, 1.165) is 11.3 Å². The summed E-state index contributed by atoms with van der Waals surface area (Å²) in [5, 5.41) is 7.43. The molecule has 0 saturated heterocycles. The summed E-state index contributed by atoms with van der Waals surface area (Å²) in [5.41, 5.74) is 1.79. The molecule has 0 bridgehead atoms. The van der Waals surface area contributed by atoms with Crippen molar-refractivity contribution in [1.82, 2.24) is 14.7 Å². The van der Waals surface area contributed by atoms with Crippen LogP contribution >= 0.6 is 0 Å². The average molecular weight is 413 g/mol. The van der Waals surface area contributed by atoms with E-state index in [1.54, 1.807) is 9.58 Å². The highest BCUT2D eigenvalue weighted by molar-refractivity contribution is 5.95. The highest BCUT2D eigenvalue weighted by Gasteiger charge is 2.27. The number of hydrogen-bond donors (Lipinski definition) is 1. The Labute approximate surface area is 180 Å². The van der Waals surface area contributed by atoms with Gasteiger partial charge in [-0.2, -0.15) is 5.10 Å². The Kier molecular flexibility index (Phi) is 7.82. The Bertz CT molecular complexity index is 850. The van der Waals surface area contributed by atoms with Crippen LogP contribution in [0.25, 0.3) is 0 Å². The second-order valence-electron chi connectivity index (χ2n) is 9.32. The number of nitrogens with one attached hydrogen (secondary N) is 1. The number of aromatic nitrogens is 2. The predicted octanol–water partition coefficient (Wildman–Crippen LogP) is 4.33. The third kappa shape index (κ3) is 6.18. The van der Waals surface area contributed by atoms with Crippen molar-refractivity contribution in [3.05, 3.63) is 47.7 Å². The van der Waals surface area contributed by atoms with E-state index in [0.29, 0.717) is 18.8 Å². The van der Waals surface area contributed by atoms with Crippen LogP contribution in [0, 0.1) is 5.92 Å². The van der Waals surface area contributed by atoms with Crippen molar-refractivity contribution in [3.8, 4) is 0 Å². The summed E-state index contributed by atoms with van der Waals surface area (Å²) in [6.07, 6.45) is 0.690. The largest absolute Gasteiger partial charge is 0.333 e. The number of nitrogens with zero attached hydrogens (tertiary/aromatic N) is 3. The van der Waals surface area contributed by atoms with Gasteiger partial charge < -0.3 is 10.2 Å². The van der Waals surface area contributed by atoms with Crippen molar-refractivity contribution in [2.75, 3.05) is 18.4 Å². The number of rotatable bonds is 8. The number of anilines is 1. The van der Waals surface area contributed by atoms with Crippen LogP contribution in [0.4, 0.5) is 5.82 Å². The van der Waals surface area contributed by atoms with Crippen molar-refractivity contribution in [1.29, 1.82) is 0 Å². The highest BCUT2D eigenvalue weighted by atomic mass is 16.2. The average Bonchev–Trinajstić information content (AvgIpc) is 3.03. The van der Waals surface area contributed by atoms with Crippen molar-refractivity contribution >= 4 is 17.6 Å².